The summed E-state index contributed by atoms with van der Waals surface area (Å²) in [7, 11) is 0. The van der Waals surface area contributed by atoms with Gasteiger partial charge in [-0.05, 0) is 36.8 Å². The van der Waals surface area contributed by atoms with Gasteiger partial charge in [0, 0.05) is 12.6 Å². The minimum absolute atomic E-state index is 0.178. The summed E-state index contributed by atoms with van der Waals surface area (Å²) < 4.78 is 0. The van der Waals surface area contributed by atoms with Crippen LogP contribution in [0.3, 0.4) is 0 Å². The first kappa shape index (κ1) is 10.7. The summed E-state index contributed by atoms with van der Waals surface area (Å²) in [4.78, 5) is 0. The maximum absolute atomic E-state index is 8.94. The minimum Gasteiger partial charge on any atom is -0.395 e. The summed E-state index contributed by atoms with van der Waals surface area (Å²) in [6, 6.07) is 8.81. The van der Waals surface area contributed by atoms with Gasteiger partial charge in [0.25, 0.3) is 0 Å². The Bertz CT molecular complexity index is 320. The minimum atomic E-state index is 0.178. The highest BCUT2D eigenvalue weighted by Gasteiger charge is 2.25. The molecule has 1 saturated carbocycles. The fraction of sp³-hybridized carbons (Fsp3) is 0.538. The second kappa shape index (κ2) is 4.77. The molecule has 1 atom stereocenters. The van der Waals surface area contributed by atoms with Gasteiger partial charge in [0.2, 0.25) is 0 Å². The van der Waals surface area contributed by atoms with Crippen molar-refractivity contribution in [3.63, 3.8) is 0 Å². The van der Waals surface area contributed by atoms with Gasteiger partial charge in [-0.25, -0.2) is 0 Å². The van der Waals surface area contributed by atoms with Gasteiger partial charge < -0.3 is 10.4 Å². The zero-order chi connectivity index (χ0) is 10.7. The topological polar surface area (TPSA) is 32.3 Å². The molecule has 0 amide bonds. The van der Waals surface area contributed by atoms with Gasteiger partial charge in [-0.3, -0.25) is 0 Å². The molecule has 0 radical (unpaired) electrons. The molecule has 0 bridgehead atoms. The van der Waals surface area contributed by atoms with Crippen molar-refractivity contribution in [1.29, 1.82) is 0 Å². The van der Waals surface area contributed by atoms with Crippen LogP contribution >= 0.6 is 0 Å². The van der Waals surface area contributed by atoms with Crippen LogP contribution in [0.4, 0.5) is 0 Å². The maximum Gasteiger partial charge on any atom is 0.0582 e. The first-order chi connectivity index (χ1) is 7.31. The molecule has 1 aliphatic carbocycles. The molecule has 2 nitrogen and oxygen atoms in total. The van der Waals surface area contributed by atoms with E-state index in [0.717, 1.165) is 12.5 Å². The number of nitrogens with one attached hydrogen (secondary N) is 1. The van der Waals surface area contributed by atoms with E-state index in [1.54, 1.807) is 0 Å². The van der Waals surface area contributed by atoms with Gasteiger partial charge in [0.1, 0.15) is 0 Å². The molecular weight excluding hydrogens is 186 g/mol. The maximum atomic E-state index is 8.94. The van der Waals surface area contributed by atoms with Gasteiger partial charge in [-0.2, -0.15) is 0 Å². The Hall–Kier alpha value is -0.860. The van der Waals surface area contributed by atoms with E-state index in [0.29, 0.717) is 0 Å². The molecule has 1 aromatic rings. The summed E-state index contributed by atoms with van der Waals surface area (Å²) in [6.07, 6.45) is 2.68. The summed E-state index contributed by atoms with van der Waals surface area (Å²) in [5.41, 5.74) is 2.88. The summed E-state index contributed by atoms with van der Waals surface area (Å²) in [6.45, 7) is 3.07. The predicted molar refractivity (Wildman–Crippen MR) is 61.8 cm³/mol. The Morgan fingerprint density at radius 2 is 2.13 bits per heavy atom. The lowest BCUT2D eigenvalue weighted by Crippen LogP contribution is -2.28. The molecule has 0 saturated heterocycles. The number of hydrogen-bond acceptors (Lipinski definition) is 2. The van der Waals surface area contributed by atoms with Crippen molar-refractivity contribution in [1.82, 2.24) is 5.32 Å². The largest absolute Gasteiger partial charge is 0.395 e. The van der Waals surface area contributed by atoms with Crippen molar-refractivity contribution in [2.75, 3.05) is 6.61 Å². The second-order valence-electron chi connectivity index (χ2n) is 4.44. The fourth-order valence-electron chi connectivity index (χ4n) is 1.84. The third kappa shape index (κ3) is 2.80. The monoisotopic (exact) mass is 205 g/mol. The van der Waals surface area contributed by atoms with Gasteiger partial charge in [0.05, 0.1) is 6.61 Å². The molecule has 1 aliphatic rings. The van der Waals surface area contributed by atoms with E-state index < -0.39 is 0 Å². The molecular formula is C13H19NO. The molecule has 1 fully saturated rings. The van der Waals surface area contributed by atoms with E-state index in [1.165, 1.54) is 24.0 Å². The van der Waals surface area contributed by atoms with Gasteiger partial charge in [0.15, 0.2) is 0 Å². The lowest BCUT2D eigenvalue weighted by atomic mass is 10.0. The zero-order valence-electron chi connectivity index (χ0n) is 9.24. The van der Waals surface area contributed by atoms with Crippen LogP contribution in [0.1, 0.15) is 36.8 Å². The van der Waals surface area contributed by atoms with E-state index in [1.807, 2.05) is 6.92 Å². The summed E-state index contributed by atoms with van der Waals surface area (Å²) >= 11 is 0. The van der Waals surface area contributed by atoms with Gasteiger partial charge >= 0.3 is 0 Å². The number of benzene rings is 1. The summed E-state index contributed by atoms with van der Waals surface area (Å²) in [5.74, 6) is 0.799. The van der Waals surface area contributed by atoms with Crippen LogP contribution in [0.15, 0.2) is 24.3 Å². The molecule has 2 N–H and O–H groups in total. The van der Waals surface area contributed by atoms with Crippen molar-refractivity contribution in [3.8, 4) is 0 Å². The van der Waals surface area contributed by atoms with E-state index in [9.17, 15) is 0 Å². The van der Waals surface area contributed by atoms with Crippen LogP contribution in [0.2, 0.25) is 0 Å². The van der Waals surface area contributed by atoms with E-state index in [-0.39, 0.29) is 12.6 Å². The van der Waals surface area contributed by atoms with Crippen LogP contribution in [-0.4, -0.2) is 17.8 Å². The molecule has 2 rings (SSSR count). The van der Waals surface area contributed by atoms with Crippen LogP contribution in [-0.2, 0) is 6.54 Å². The average Bonchev–Trinajstić information content (AvgIpc) is 3.10. The first-order valence-corrected chi connectivity index (χ1v) is 5.73. The van der Waals surface area contributed by atoms with Crippen molar-refractivity contribution in [3.05, 3.63) is 35.4 Å². The highest BCUT2D eigenvalue weighted by atomic mass is 16.3. The highest BCUT2D eigenvalue weighted by molar-refractivity contribution is 5.33. The Morgan fingerprint density at radius 3 is 2.80 bits per heavy atom. The highest BCUT2D eigenvalue weighted by Crippen LogP contribution is 2.41. The lowest BCUT2D eigenvalue weighted by molar-refractivity contribution is 0.251. The van der Waals surface area contributed by atoms with E-state index >= 15 is 0 Å². The van der Waals surface area contributed by atoms with Crippen LogP contribution < -0.4 is 5.32 Å². The van der Waals surface area contributed by atoms with E-state index in [4.69, 9.17) is 5.11 Å². The number of aliphatic hydroxyl groups is 1. The standard InChI is InChI=1S/C13H19NO/c1-10(9-15)14-8-12-4-2-3-5-13(12)11-6-7-11/h2-5,10-11,14-15H,6-9H2,1H3. The van der Waals surface area contributed by atoms with Crippen molar-refractivity contribution >= 4 is 0 Å². The van der Waals surface area contributed by atoms with Crippen molar-refractivity contribution in [2.45, 2.75) is 38.3 Å². The first-order valence-electron chi connectivity index (χ1n) is 5.73. The fourth-order valence-corrected chi connectivity index (χ4v) is 1.84. The van der Waals surface area contributed by atoms with Crippen LogP contribution in [0, 0.1) is 0 Å². The van der Waals surface area contributed by atoms with E-state index in [2.05, 4.69) is 29.6 Å². The third-order valence-corrected chi connectivity index (χ3v) is 2.99. The second-order valence-corrected chi connectivity index (χ2v) is 4.44. The Morgan fingerprint density at radius 1 is 1.40 bits per heavy atom. The molecule has 0 aliphatic heterocycles. The van der Waals surface area contributed by atoms with Crippen molar-refractivity contribution < 1.29 is 5.11 Å². The molecule has 1 unspecified atom stereocenters. The Balaban J connectivity index is 2.00. The molecule has 2 heteroatoms. The molecule has 0 heterocycles. The van der Waals surface area contributed by atoms with Crippen molar-refractivity contribution in [2.24, 2.45) is 0 Å². The SMILES string of the molecule is CC(CO)NCc1ccccc1C1CC1. The predicted octanol–water partition coefficient (Wildman–Crippen LogP) is 2.03. The molecule has 0 spiro atoms. The Kier molecular flexibility index (Phi) is 3.39. The summed E-state index contributed by atoms with van der Waals surface area (Å²) in [5, 5.41) is 12.3. The molecule has 1 aromatic carbocycles. The average molecular weight is 205 g/mol. The van der Waals surface area contributed by atoms with Gasteiger partial charge in [-0.15, -0.1) is 0 Å². The normalized spacial score (nSPS) is 17.7. The third-order valence-electron chi connectivity index (χ3n) is 2.99. The van der Waals surface area contributed by atoms with Crippen LogP contribution in [0.25, 0.3) is 0 Å². The smallest absolute Gasteiger partial charge is 0.0582 e. The molecule has 0 aromatic heterocycles. The number of rotatable bonds is 5. The van der Waals surface area contributed by atoms with Gasteiger partial charge in [-0.1, -0.05) is 24.3 Å². The molecule has 82 valence electrons. The number of hydrogen-bond donors (Lipinski definition) is 2. The Labute approximate surface area is 91.3 Å². The quantitative estimate of drug-likeness (QED) is 0.771. The molecule has 15 heavy (non-hydrogen) atoms. The number of aliphatic hydroxyl groups excluding tert-OH is 1. The van der Waals surface area contributed by atoms with Crippen LogP contribution in [0.5, 0.6) is 0 Å². The zero-order valence-corrected chi connectivity index (χ0v) is 9.24. The lowest BCUT2D eigenvalue weighted by Gasteiger charge is -2.13.